The van der Waals surface area contributed by atoms with Gasteiger partial charge in [-0.25, -0.2) is 9.82 Å². The van der Waals surface area contributed by atoms with E-state index in [-0.39, 0.29) is 12.4 Å². The van der Waals surface area contributed by atoms with Crippen LogP contribution in [0.25, 0.3) is 0 Å². The zero-order chi connectivity index (χ0) is 16.9. The summed E-state index contributed by atoms with van der Waals surface area (Å²) in [5, 5.41) is 3.80. The van der Waals surface area contributed by atoms with Gasteiger partial charge in [0.25, 0.3) is 5.91 Å². The molecule has 0 bridgehead atoms. The van der Waals surface area contributed by atoms with Crippen LogP contribution >= 0.6 is 0 Å². The number of carbonyl (C=O) groups is 1. The predicted molar refractivity (Wildman–Crippen MR) is 85.0 cm³/mol. The summed E-state index contributed by atoms with van der Waals surface area (Å²) in [5.74, 6) is 0.287. The summed E-state index contributed by atoms with van der Waals surface area (Å²) in [7, 11) is 1.39. The van der Waals surface area contributed by atoms with Crippen molar-refractivity contribution in [3.63, 3.8) is 0 Å². The smallest absolute Gasteiger partial charge is 0.284 e. The molecule has 6 nitrogen and oxygen atoms in total. The van der Waals surface area contributed by atoms with Crippen LogP contribution in [0.5, 0.6) is 17.2 Å². The topological polar surface area (TPSA) is 69.2 Å². The number of hydrazone groups is 1. The van der Waals surface area contributed by atoms with Crippen molar-refractivity contribution in [1.29, 1.82) is 0 Å². The molecule has 0 spiro atoms. The lowest BCUT2D eigenvalue weighted by Crippen LogP contribution is -2.42. The van der Waals surface area contributed by atoms with Crippen molar-refractivity contribution in [3.8, 4) is 17.2 Å². The van der Waals surface area contributed by atoms with Crippen LogP contribution in [0.4, 0.5) is 4.39 Å². The number of hydrogen-bond donors (Lipinski definition) is 1. The second kappa shape index (κ2) is 6.99. The first kappa shape index (κ1) is 15.8. The molecule has 7 heteroatoms. The highest BCUT2D eigenvalue weighted by molar-refractivity contribution is 5.85. The van der Waals surface area contributed by atoms with E-state index >= 15 is 0 Å². The van der Waals surface area contributed by atoms with Gasteiger partial charge < -0.3 is 14.2 Å². The molecule has 1 aliphatic heterocycles. The molecule has 3 rings (SSSR count). The van der Waals surface area contributed by atoms with Crippen LogP contribution in [0.3, 0.4) is 0 Å². The monoisotopic (exact) mass is 330 g/mol. The molecular formula is C17H15FN2O4. The molecule has 1 heterocycles. The summed E-state index contributed by atoms with van der Waals surface area (Å²) < 4.78 is 29.4. The highest BCUT2D eigenvalue weighted by atomic mass is 19.1. The number of carbonyl (C=O) groups excluding carboxylic acids is 1. The Labute approximate surface area is 137 Å². The zero-order valence-corrected chi connectivity index (χ0v) is 12.9. The molecule has 0 saturated heterocycles. The molecule has 1 N–H and O–H groups in total. The number of nitrogens with zero attached hydrogens (tertiary/aromatic N) is 1. The van der Waals surface area contributed by atoms with Gasteiger partial charge in [-0.1, -0.05) is 12.1 Å². The molecular weight excluding hydrogens is 315 g/mol. The minimum absolute atomic E-state index is 0.0928. The lowest BCUT2D eigenvalue weighted by molar-refractivity contribution is -0.130. The third kappa shape index (κ3) is 3.45. The summed E-state index contributed by atoms with van der Waals surface area (Å²) in [6.45, 7) is 0.0928. The van der Waals surface area contributed by atoms with Crippen molar-refractivity contribution in [3.05, 3.63) is 53.8 Å². The molecule has 1 atom stereocenters. The van der Waals surface area contributed by atoms with Crippen LogP contribution < -0.4 is 19.6 Å². The van der Waals surface area contributed by atoms with Crippen molar-refractivity contribution in [2.75, 3.05) is 13.7 Å². The van der Waals surface area contributed by atoms with Crippen molar-refractivity contribution in [2.45, 2.75) is 6.10 Å². The first-order chi connectivity index (χ1) is 11.7. The number of benzene rings is 2. The maximum Gasteiger partial charge on any atom is 0.284 e. The average molecular weight is 330 g/mol. The second-order valence-corrected chi connectivity index (χ2v) is 4.99. The van der Waals surface area contributed by atoms with E-state index in [1.165, 1.54) is 25.5 Å². The zero-order valence-electron chi connectivity index (χ0n) is 12.9. The number of fused-ring (bicyclic) bond motifs is 1. The Balaban J connectivity index is 1.59. The minimum atomic E-state index is -0.801. The highest BCUT2D eigenvalue weighted by Crippen LogP contribution is 2.30. The quantitative estimate of drug-likeness (QED) is 0.689. The van der Waals surface area contributed by atoms with Crippen molar-refractivity contribution in [1.82, 2.24) is 5.43 Å². The van der Waals surface area contributed by atoms with Crippen LogP contribution in [0.2, 0.25) is 0 Å². The SMILES string of the molecule is COc1ccc(/C=N\NC(=O)[C@@H]2COc3ccccc3O2)cc1F. The molecule has 0 aliphatic carbocycles. The van der Waals surface area contributed by atoms with Gasteiger partial charge in [0.05, 0.1) is 13.3 Å². The molecule has 2 aromatic rings. The largest absolute Gasteiger partial charge is 0.494 e. The normalized spacial score (nSPS) is 16.0. The Morgan fingerprint density at radius 3 is 2.88 bits per heavy atom. The molecule has 0 fully saturated rings. The molecule has 24 heavy (non-hydrogen) atoms. The number of ether oxygens (including phenoxy) is 3. The maximum absolute atomic E-state index is 13.6. The van der Waals surface area contributed by atoms with E-state index in [4.69, 9.17) is 14.2 Å². The molecule has 1 aliphatic rings. The molecule has 0 unspecified atom stereocenters. The van der Waals surface area contributed by atoms with Crippen LogP contribution in [-0.2, 0) is 4.79 Å². The average Bonchev–Trinajstić information content (AvgIpc) is 2.61. The van der Waals surface area contributed by atoms with Gasteiger partial charge in [-0.2, -0.15) is 5.10 Å². The number of hydrogen-bond acceptors (Lipinski definition) is 5. The van der Waals surface area contributed by atoms with Crippen LogP contribution in [0.1, 0.15) is 5.56 Å². The standard InChI is InChI=1S/C17H15FN2O4/c1-22-13-7-6-11(8-12(13)18)9-19-20-17(21)16-10-23-14-4-2-3-5-15(14)24-16/h2-9,16H,10H2,1H3,(H,20,21)/b19-9-/t16-/m0/s1. The second-order valence-electron chi connectivity index (χ2n) is 4.99. The lowest BCUT2D eigenvalue weighted by atomic mass is 10.2. The third-order valence-electron chi connectivity index (χ3n) is 3.37. The molecule has 1 amide bonds. The van der Waals surface area contributed by atoms with Gasteiger partial charge in [0, 0.05) is 0 Å². The highest BCUT2D eigenvalue weighted by Gasteiger charge is 2.26. The molecule has 0 saturated carbocycles. The van der Waals surface area contributed by atoms with Gasteiger partial charge in [-0.15, -0.1) is 0 Å². The third-order valence-corrected chi connectivity index (χ3v) is 3.37. The number of amides is 1. The maximum atomic E-state index is 13.6. The van der Waals surface area contributed by atoms with E-state index in [1.54, 1.807) is 24.3 Å². The number of rotatable bonds is 4. The van der Waals surface area contributed by atoms with E-state index in [9.17, 15) is 9.18 Å². The minimum Gasteiger partial charge on any atom is -0.494 e. The van der Waals surface area contributed by atoms with Crippen LogP contribution in [-0.4, -0.2) is 31.9 Å². The van der Waals surface area contributed by atoms with Gasteiger partial charge in [0.15, 0.2) is 23.1 Å². The summed E-state index contributed by atoms with van der Waals surface area (Å²) in [6, 6.07) is 11.4. The van der Waals surface area contributed by atoms with E-state index in [0.717, 1.165) is 0 Å². The lowest BCUT2D eigenvalue weighted by Gasteiger charge is -2.24. The van der Waals surface area contributed by atoms with Crippen molar-refractivity contribution >= 4 is 12.1 Å². The fourth-order valence-corrected chi connectivity index (χ4v) is 2.15. The Bertz CT molecular complexity index is 779. The Morgan fingerprint density at radius 1 is 1.33 bits per heavy atom. The van der Waals surface area contributed by atoms with Gasteiger partial charge in [-0.3, -0.25) is 4.79 Å². The molecule has 2 aromatic carbocycles. The summed E-state index contributed by atoms with van der Waals surface area (Å²) >= 11 is 0. The summed E-state index contributed by atoms with van der Waals surface area (Å²) in [4.78, 5) is 12.0. The molecule has 0 radical (unpaired) electrons. The van der Waals surface area contributed by atoms with Gasteiger partial charge in [0.1, 0.15) is 6.61 Å². The first-order valence-electron chi connectivity index (χ1n) is 7.22. The van der Waals surface area contributed by atoms with Gasteiger partial charge in [-0.05, 0) is 35.9 Å². The number of nitrogens with one attached hydrogen (secondary N) is 1. The van der Waals surface area contributed by atoms with E-state index < -0.39 is 17.8 Å². The van der Waals surface area contributed by atoms with Crippen LogP contribution in [0.15, 0.2) is 47.6 Å². The van der Waals surface area contributed by atoms with E-state index in [0.29, 0.717) is 17.1 Å². The van der Waals surface area contributed by atoms with Crippen LogP contribution in [0, 0.1) is 5.82 Å². The van der Waals surface area contributed by atoms with Gasteiger partial charge in [0.2, 0.25) is 6.10 Å². The van der Waals surface area contributed by atoms with E-state index in [2.05, 4.69) is 10.5 Å². The van der Waals surface area contributed by atoms with Gasteiger partial charge >= 0.3 is 0 Å². The van der Waals surface area contributed by atoms with Crippen molar-refractivity contribution in [2.24, 2.45) is 5.10 Å². The Morgan fingerprint density at radius 2 is 2.12 bits per heavy atom. The fourth-order valence-electron chi connectivity index (χ4n) is 2.15. The number of halogens is 1. The van der Waals surface area contributed by atoms with E-state index in [1.807, 2.05) is 6.07 Å². The summed E-state index contributed by atoms with van der Waals surface area (Å²) in [6.07, 6.45) is 0.530. The number of para-hydroxylation sites is 2. The Hall–Kier alpha value is -3.09. The first-order valence-corrected chi connectivity index (χ1v) is 7.22. The van der Waals surface area contributed by atoms with Crippen molar-refractivity contribution < 1.29 is 23.4 Å². The fraction of sp³-hybridized carbons (Fsp3) is 0.176. The Kier molecular flexibility index (Phi) is 4.60. The summed E-state index contributed by atoms with van der Waals surface area (Å²) in [5.41, 5.74) is 2.84. The number of methoxy groups -OCH3 is 1. The molecule has 124 valence electrons. The molecule has 0 aromatic heterocycles. The predicted octanol–water partition coefficient (Wildman–Crippen LogP) is 2.12.